The van der Waals surface area contributed by atoms with Crippen molar-refractivity contribution in [3.05, 3.63) is 59.3 Å². The lowest BCUT2D eigenvalue weighted by Crippen LogP contribution is -2.03. The number of benzene rings is 1. The Kier molecular flexibility index (Phi) is 3.12. The zero-order valence-electron chi connectivity index (χ0n) is 12.0. The van der Waals surface area contributed by atoms with E-state index in [1.807, 2.05) is 24.4 Å². The highest BCUT2D eigenvalue weighted by atomic mass is 16.1. The molecule has 0 spiro atoms. The Morgan fingerprint density at radius 2 is 1.83 bits per heavy atom. The van der Waals surface area contributed by atoms with Crippen molar-refractivity contribution < 1.29 is 0 Å². The number of nitrogens with one attached hydrogen (secondary N) is 4. The van der Waals surface area contributed by atoms with Gasteiger partial charge in [-0.25, -0.2) is 19.7 Å². The summed E-state index contributed by atoms with van der Waals surface area (Å²) in [4.78, 5) is 32.4. The van der Waals surface area contributed by atoms with Crippen molar-refractivity contribution in [2.45, 2.75) is 6.54 Å². The molecular formula is C15H13N7O. The minimum atomic E-state index is -0.216. The van der Waals surface area contributed by atoms with Gasteiger partial charge in [0.05, 0.1) is 29.6 Å². The third-order valence-electron chi connectivity index (χ3n) is 3.48. The van der Waals surface area contributed by atoms with E-state index in [1.54, 1.807) is 18.7 Å². The average molecular weight is 307 g/mol. The molecule has 0 saturated carbocycles. The molecule has 0 atom stereocenters. The van der Waals surface area contributed by atoms with E-state index in [-0.39, 0.29) is 5.69 Å². The Bertz CT molecular complexity index is 983. The van der Waals surface area contributed by atoms with Gasteiger partial charge in [-0.1, -0.05) is 6.07 Å². The standard InChI is InChI=1S/C15H13N7O/c23-15-21-12-2-1-9(3-13(12)22-15)10-4-17-14(18-5-10)19-7-11-6-16-8-20-11/h1-6,8H,7H2,(H,16,20)(H,17,18,19)(H2,21,22,23). The highest BCUT2D eigenvalue weighted by Gasteiger charge is 2.04. The maximum absolute atomic E-state index is 11.3. The van der Waals surface area contributed by atoms with Crippen LogP contribution in [-0.2, 0) is 6.54 Å². The Morgan fingerprint density at radius 3 is 2.61 bits per heavy atom. The van der Waals surface area contributed by atoms with Crippen LogP contribution in [0, 0.1) is 0 Å². The molecular weight excluding hydrogens is 294 g/mol. The molecule has 4 aromatic rings. The van der Waals surface area contributed by atoms with Crippen molar-refractivity contribution in [2.24, 2.45) is 0 Å². The van der Waals surface area contributed by atoms with Gasteiger partial charge in [0.2, 0.25) is 5.95 Å². The van der Waals surface area contributed by atoms with Gasteiger partial charge in [0.15, 0.2) is 0 Å². The first-order chi connectivity index (χ1) is 11.3. The van der Waals surface area contributed by atoms with Crippen molar-refractivity contribution in [3.63, 3.8) is 0 Å². The fourth-order valence-electron chi connectivity index (χ4n) is 2.34. The van der Waals surface area contributed by atoms with Crippen LogP contribution in [0.15, 0.2) is 47.9 Å². The Balaban J connectivity index is 1.55. The number of nitrogens with zero attached hydrogens (tertiary/aromatic N) is 3. The van der Waals surface area contributed by atoms with Gasteiger partial charge in [-0.15, -0.1) is 0 Å². The predicted octanol–water partition coefficient (Wildman–Crippen LogP) is 1.65. The number of aromatic nitrogens is 6. The number of H-pyrrole nitrogens is 3. The molecule has 0 fully saturated rings. The molecule has 8 heteroatoms. The highest BCUT2D eigenvalue weighted by molar-refractivity contribution is 5.81. The fourth-order valence-corrected chi connectivity index (χ4v) is 2.34. The van der Waals surface area contributed by atoms with Gasteiger partial charge >= 0.3 is 5.69 Å². The van der Waals surface area contributed by atoms with Crippen LogP contribution in [0.2, 0.25) is 0 Å². The summed E-state index contributed by atoms with van der Waals surface area (Å²) in [5, 5.41) is 3.10. The van der Waals surface area contributed by atoms with E-state index in [0.29, 0.717) is 12.5 Å². The SMILES string of the molecule is O=c1[nH]c2ccc(-c3cnc(NCc4c[nH]cn4)nc3)cc2[nH]1. The Morgan fingerprint density at radius 1 is 1.00 bits per heavy atom. The van der Waals surface area contributed by atoms with Gasteiger partial charge in [-0.3, -0.25) is 0 Å². The zero-order chi connectivity index (χ0) is 15.6. The van der Waals surface area contributed by atoms with Gasteiger partial charge in [0.25, 0.3) is 0 Å². The summed E-state index contributed by atoms with van der Waals surface area (Å²) in [6, 6.07) is 5.66. The van der Waals surface area contributed by atoms with Gasteiger partial charge < -0.3 is 20.3 Å². The first-order valence-electron chi connectivity index (χ1n) is 7.04. The van der Waals surface area contributed by atoms with E-state index in [9.17, 15) is 4.79 Å². The van der Waals surface area contributed by atoms with Crippen LogP contribution < -0.4 is 11.0 Å². The average Bonchev–Trinajstić information content (AvgIpc) is 3.21. The molecule has 0 aliphatic heterocycles. The van der Waals surface area contributed by atoms with E-state index >= 15 is 0 Å². The van der Waals surface area contributed by atoms with Crippen molar-refractivity contribution in [1.29, 1.82) is 0 Å². The number of rotatable bonds is 4. The van der Waals surface area contributed by atoms with Crippen LogP contribution in [0.4, 0.5) is 5.95 Å². The molecule has 0 aliphatic carbocycles. The van der Waals surface area contributed by atoms with Crippen LogP contribution in [0.5, 0.6) is 0 Å². The second kappa shape index (κ2) is 5.41. The molecule has 3 heterocycles. The lowest BCUT2D eigenvalue weighted by atomic mass is 10.1. The van der Waals surface area contributed by atoms with Gasteiger partial charge in [0.1, 0.15) is 0 Å². The highest BCUT2D eigenvalue weighted by Crippen LogP contribution is 2.21. The molecule has 0 radical (unpaired) electrons. The minimum absolute atomic E-state index is 0.216. The first-order valence-corrected chi connectivity index (χ1v) is 7.04. The van der Waals surface area contributed by atoms with E-state index < -0.39 is 0 Å². The molecule has 1 aromatic carbocycles. The van der Waals surface area contributed by atoms with E-state index in [4.69, 9.17) is 0 Å². The van der Waals surface area contributed by atoms with Crippen LogP contribution in [0.3, 0.4) is 0 Å². The second-order valence-corrected chi connectivity index (χ2v) is 5.05. The topological polar surface area (TPSA) is 115 Å². The predicted molar refractivity (Wildman–Crippen MR) is 85.9 cm³/mol. The summed E-state index contributed by atoms with van der Waals surface area (Å²) >= 11 is 0. The number of imidazole rings is 2. The Hall–Kier alpha value is -3.42. The molecule has 0 aliphatic rings. The summed E-state index contributed by atoms with van der Waals surface area (Å²) in [6.07, 6.45) is 6.92. The molecule has 0 bridgehead atoms. The smallest absolute Gasteiger partial charge is 0.323 e. The van der Waals surface area contributed by atoms with Crippen LogP contribution >= 0.6 is 0 Å². The summed E-state index contributed by atoms with van der Waals surface area (Å²) < 4.78 is 0. The number of aromatic amines is 3. The zero-order valence-corrected chi connectivity index (χ0v) is 12.0. The van der Waals surface area contributed by atoms with Crippen LogP contribution in [-0.4, -0.2) is 29.9 Å². The van der Waals surface area contributed by atoms with Crippen molar-refractivity contribution >= 4 is 17.0 Å². The third kappa shape index (κ3) is 2.69. The van der Waals surface area contributed by atoms with Gasteiger partial charge in [-0.2, -0.15) is 0 Å². The van der Waals surface area contributed by atoms with E-state index in [0.717, 1.165) is 27.9 Å². The van der Waals surface area contributed by atoms with Crippen molar-refractivity contribution in [2.75, 3.05) is 5.32 Å². The number of hydrogen-bond acceptors (Lipinski definition) is 5. The third-order valence-corrected chi connectivity index (χ3v) is 3.48. The maximum atomic E-state index is 11.3. The molecule has 0 unspecified atom stereocenters. The lowest BCUT2D eigenvalue weighted by Gasteiger charge is -2.04. The molecule has 3 aromatic heterocycles. The summed E-state index contributed by atoms with van der Waals surface area (Å²) in [5.74, 6) is 0.535. The number of fused-ring (bicyclic) bond motifs is 1. The first kappa shape index (κ1) is 13.3. The second-order valence-electron chi connectivity index (χ2n) is 5.05. The summed E-state index contributed by atoms with van der Waals surface area (Å²) in [6.45, 7) is 0.555. The molecule has 4 N–H and O–H groups in total. The fraction of sp³-hybridized carbons (Fsp3) is 0.0667. The minimum Gasteiger partial charge on any atom is -0.351 e. The molecule has 8 nitrogen and oxygen atoms in total. The summed E-state index contributed by atoms with van der Waals surface area (Å²) in [5.41, 5.74) is 4.02. The molecule has 0 saturated heterocycles. The summed E-state index contributed by atoms with van der Waals surface area (Å²) in [7, 11) is 0. The molecule has 4 rings (SSSR count). The molecule has 0 amide bonds. The van der Waals surface area contributed by atoms with Crippen LogP contribution in [0.25, 0.3) is 22.2 Å². The Labute approximate surface area is 130 Å². The van der Waals surface area contributed by atoms with E-state index in [2.05, 4.69) is 35.2 Å². The van der Waals surface area contributed by atoms with E-state index in [1.165, 1.54) is 0 Å². The lowest BCUT2D eigenvalue weighted by molar-refractivity contribution is 1.02. The van der Waals surface area contributed by atoms with Crippen molar-refractivity contribution in [1.82, 2.24) is 29.9 Å². The number of anilines is 1. The number of hydrogen-bond donors (Lipinski definition) is 4. The monoisotopic (exact) mass is 307 g/mol. The maximum Gasteiger partial charge on any atom is 0.323 e. The van der Waals surface area contributed by atoms with Crippen molar-refractivity contribution in [3.8, 4) is 11.1 Å². The van der Waals surface area contributed by atoms with Gasteiger partial charge in [-0.05, 0) is 17.7 Å². The van der Waals surface area contributed by atoms with Crippen LogP contribution in [0.1, 0.15) is 5.69 Å². The normalized spacial score (nSPS) is 11.0. The molecule has 114 valence electrons. The van der Waals surface area contributed by atoms with Gasteiger partial charge in [0, 0.05) is 24.2 Å². The molecule has 23 heavy (non-hydrogen) atoms. The largest absolute Gasteiger partial charge is 0.351 e. The quantitative estimate of drug-likeness (QED) is 0.457.